The third-order valence-corrected chi connectivity index (χ3v) is 2.97. The van der Waals surface area contributed by atoms with Crippen molar-refractivity contribution in [3.8, 4) is 0 Å². The van der Waals surface area contributed by atoms with E-state index in [1.54, 1.807) is 13.3 Å². The van der Waals surface area contributed by atoms with Crippen LogP contribution in [-0.4, -0.2) is 17.2 Å². The van der Waals surface area contributed by atoms with Gasteiger partial charge < -0.3 is 9.84 Å². The molecule has 0 atom stereocenters. The van der Waals surface area contributed by atoms with Crippen molar-refractivity contribution in [1.29, 1.82) is 0 Å². The van der Waals surface area contributed by atoms with Crippen LogP contribution in [0.2, 0.25) is 0 Å². The molecule has 0 saturated heterocycles. The van der Waals surface area contributed by atoms with Gasteiger partial charge in [0.2, 0.25) is 0 Å². The number of aliphatic hydroxyl groups is 1. The predicted molar refractivity (Wildman–Crippen MR) is 52.8 cm³/mol. The molecule has 2 rings (SSSR count). The van der Waals surface area contributed by atoms with Gasteiger partial charge in [0.25, 0.3) is 0 Å². The van der Waals surface area contributed by atoms with Gasteiger partial charge in [-0.05, 0) is 31.4 Å². The molecule has 0 spiro atoms. The summed E-state index contributed by atoms with van der Waals surface area (Å²) in [5.41, 5.74) is 2.72. The Bertz CT molecular complexity index is 345. The summed E-state index contributed by atoms with van der Waals surface area (Å²) in [6.07, 6.45) is 3.79. The van der Waals surface area contributed by atoms with Crippen molar-refractivity contribution >= 4 is 0 Å². The van der Waals surface area contributed by atoms with Crippen molar-refractivity contribution < 1.29 is 9.84 Å². The van der Waals surface area contributed by atoms with E-state index in [1.165, 1.54) is 0 Å². The SMILES string of the molecule is COC1(c2nccc(C)c2CO)CC1. The molecule has 1 aliphatic carbocycles. The summed E-state index contributed by atoms with van der Waals surface area (Å²) in [4.78, 5) is 4.33. The summed E-state index contributed by atoms with van der Waals surface area (Å²) >= 11 is 0. The van der Waals surface area contributed by atoms with Gasteiger partial charge in [-0.15, -0.1) is 0 Å². The summed E-state index contributed by atoms with van der Waals surface area (Å²) in [5.74, 6) is 0. The zero-order valence-corrected chi connectivity index (χ0v) is 8.58. The smallest absolute Gasteiger partial charge is 0.110 e. The van der Waals surface area contributed by atoms with E-state index >= 15 is 0 Å². The molecule has 1 aromatic heterocycles. The topological polar surface area (TPSA) is 42.4 Å². The number of methoxy groups -OCH3 is 1. The van der Waals surface area contributed by atoms with E-state index in [0.717, 1.165) is 29.7 Å². The molecule has 3 nitrogen and oxygen atoms in total. The van der Waals surface area contributed by atoms with Gasteiger partial charge in [-0.2, -0.15) is 0 Å². The van der Waals surface area contributed by atoms with Gasteiger partial charge in [-0.3, -0.25) is 4.98 Å². The van der Waals surface area contributed by atoms with E-state index in [-0.39, 0.29) is 12.2 Å². The monoisotopic (exact) mass is 193 g/mol. The molecule has 0 radical (unpaired) electrons. The van der Waals surface area contributed by atoms with Crippen LogP contribution in [0.5, 0.6) is 0 Å². The minimum atomic E-state index is -0.204. The highest BCUT2D eigenvalue weighted by atomic mass is 16.5. The molecule has 76 valence electrons. The lowest BCUT2D eigenvalue weighted by molar-refractivity contribution is 0.0728. The second-order valence-corrected chi connectivity index (χ2v) is 3.81. The summed E-state index contributed by atoms with van der Waals surface area (Å²) in [6, 6.07) is 1.92. The van der Waals surface area contributed by atoms with Gasteiger partial charge in [0, 0.05) is 18.9 Å². The van der Waals surface area contributed by atoms with Crippen LogP contribution in [0.3, 0.4) is 0 Å². The minimum Gasteiger partial charge on any atom is -0.392 e. The van der Waals surface area contributed by atoms with E-state index in [1.807, 2.05) is 13.0 Å². The number of pyridine rings is 1. The van der Waals surface area contributed by atoms with Crippen molar-refractivity contribution in [2.75, 3.05) is 7.11 Å². The Balaban J connectivity index is 2.47. The molecule has 1 aromatic rings. The Morgan fingerprint density at radius 1 is 1.57 bits per heavy atom. The Hall–Kier alpha value is -0.930. The van der Waals surface area contributed by atoms with Crippen LogP contribution in [-0.2, 0) is 16.9 Å². The molecule has 0 aromatic carbocycles. The maximum atomic E-state index is 9.29. The Morgan fingerprint density at radius 3 is 2.79 bits per heavy atom. The van der Waals surface area contributed by atoms with Crippen LogP contribution in [0.15, 0.2) is 12.3 Å². The zero-order chi connectivity index (χ0) is 10.2. The predicted octanol–water partition coefficient (Wildman–Crippen LogP) is 1.52. The fraction of sp³-hybridized carbons (Fsp3) is 0.545. The number of hydrogen-bond acceptors (Lipinski definition) is 3. The fourth-order valence-electron chi connectivity index (χ4n) is 1.83. The van der Waals surface area contributed by atoms with Gasteiger partial charge in [-0.25, -0.2) is 0 Å². The lowest BCUT2D eigenvalue weighted by Gasteiger charge is -2.17. The first kappa shape index (κ1) is 9.62. The van der Waals surface area contributed by atoms with E-state index in [4.69, 9.17) is 4.74 Å². The minimum absolute atomic E-state index is 0.0418. The van der Waals surface area contributed by atoms with Crippen LogP contribution in [0, 0.1) is 6.92 Å². The lowest BCUT2D eigenvalue weighted by Crippen LogP contribution is -2.15. The summed E-state index contributed by atoms with van der Waals surface area (Å²) in [7, 11) is 1.71. The third-order valence-electron chi connectivity index (χ3n) is 2.97. The average molecular weight is 193 g/mol. The van der Waals surface area contributed by atoms with Crippen molar-refractivity contribution in [3.05, 3.63) is 29.1 Å². The number of aromatic nitrogens is 1. The number of aliphatic hydroxyl groups excluding tert-OH is 1. The zero-order valence-electron chi connectivity index (χ0n) is 8.58. The van der Waals surface area contributed by atoms with Crippen molar-refractivity contribution in [2.24, 2.45) is 0 Å². The highest BCUT2D eigenvalue weighted by Crippen LogP contribution is 2.49. The van der Waals surface area contributed by atoms with Gasteiger partial charge >= 0.3 is 0 Å². The van der Waals surface area contributed by atoms with E-state index in [0.29, 0.717) is 0 Å². The third kappa shape index (κ3) is 1.33. The summed E-state index contributed by atoms with van der Waals surface area (Å²) in [6.45, 7) is 2.03. The largest absolute Gasteiger partial charge is 0.392 e. The quantitative estimate of drug-likeness (QED) is 0.791. The molecular weight excluding hydrogens is 178 g/mol. The van der Waals surface area contributed by atoms with E-state index in [9.17, 15) is 5.11 Å². The number of ether oxygens (including phenoxy) is 1. The Labute approximate surface area is 83.7 Å². The molecule has 0 amide bonds. The van der Waals surface area contributed by atoms with E-state index in [2.05, 4.69) is 4.98 Å². The highest BCUT2D eigenvalue weighted by Gasteiger charge is 2.47. The van der Waals surface area contributed by atoms with Crippen molar-refractivity contribution in [1.82, 2.24) is 4.98 Å². The first-order valence-electron chi connectivity index (χ1n) is 4.84. The second-order valence-electron chi connectivity index (χ2n) is 3.81. The maximum absolute atomic E-state index is 9.29. The lowest BCUT2D eigenvalue weighted by atomic mass is 10.0. The maximum Gasteiger partial charge on any atom is 0.110 e. The van der Waals surface area contributed by atoms with Crippen LogP contribution in [0.4, 0.5) is 0 Å². The summed E-state index contributed by atoms with van der Waals surface area (Å²) < 4.78 is 5.46. The standard InChI is InChI=1S/C11H15NO2/c1-8-3-6-12-10(9(8)7-13)11(14-2)4-5-11/h3,6,13H,4-5,7H2,1-2H3. The molecule has 3 heteroatoms. The van der Waals surface area contributed by atoms with Crippen LogP contribution in [0.25, 0.3) is 0 Å². The number of rotatable bonds is 3. The number of aryl methyl sites for hydroxylation is 1. The number of nitrogens with zero attached hydrogens (tertiary/aromatic N) is 1. The fourth-order valence-corrected chi connectivity index (χ4v) is 1.83. The Kier molecular flexibility index (Phi) is 2.29. The molecule has 1 aliphatic rings. The van der Waals surface area contributed by atoms with Crippen LogP contribution >= 0.6 is 0 Å². The van der Waals surface area contributed by atoms with Gasteiger partial charge in [0.1, 0.15) is 5.60 Å². The molecule has 0 bridgehead atoms. The van der Waals surface area contributed by atoms with Crippen LogP contribution < -0.4 is 0 Å². The molecule has 1 fully saturated rings. The number of hydrogen-bond donors (Lipinski definition) is 1. The molecule has 1 heterocycles. The average Bonchev–Trinajstić information content (AvgIpc) is 2.98. The molecule has 1 saturated carbocycles. The first-order chi connectivity index (χ1) is 6.73. The molecule has 0 unspecified atom stereocenters. The summed E-state index contributed by atoms with van der Waals surface area (Å²) in [5, 5.41) is 9.29. The Morgan fingerprint density at radius 2 is 2.29 bits per heavy atom. The van der Waals surface area contributed by atoms with Gasteiger partial charge in [0.15, 0.2) is 0 Å². The van der Waals surface area contributed by atoms with Gasteiger partial charge in [-0.1, -0.05) is 0 Å². The normalized spacial score (nSPS) is 18.2. The highest BCUT2D eigenvalue weighted by molar-refractivity contribution is 5.35. The molecule has 1 N–H and O–H groups in total. The van der Waals surface area contributed by atoms with Gasteiger partial charge in [0.05, 0.1) is 12.3 Å². The molecular formula is C11H15NO2. The second kappa shape index (κ2) is 3.33. The van der Waals surface area contributed by atoms with E-state index < -0.39 is 0 Å². The molecule has 14 heavy (non-hydrogen) atoms. The van der Waals surface area contributed by atoms with Crippen molar-refractivity contribution in [3.63, 3.8) is 0 Å². The van der Waals surface area contributed by atoms with Crippen LogP contribution in [0.1, 0.15) is 29.7 Å². The molecule has 0 aliphatic heterocycles. The van der Waals surface area contributed by atoms with Crippen molar-refractivity contribution in [2.45, 2.75) is 32.0 Å². The first-order valence-corrected chi connectivity index (χ1v) is 4.84.